The number of rotatable bonds is 8. The van der Waals surface area contributed by atoms with E-state index in [1.54, 1.807) is 0 Å². The van der Waals surface area contributed by atoms with Crippen LogP contribution in [-0.4, -0.2) is 29.6 Å². The molecule has 1 aromatic rings. The number of aryl methyl sites for hydroxylation is 1. The Morgan fingerprint density at radius 1 is 1.05 bits per heavy atom. The third-order valence-corrected chi connectivity index (χ3v) is 5.01. The molecule has 2 N–H and O–H groups in total. The van der Waals surface area contributed by atoms with E-state index in [0.29, 0.717) is 0 Å². The van der Waals surface area contributed by atoms with Gasteiger partial charge in [-0.3, -0.25) is 4.90 Å². The van der Waals surface area contributed by atoms with Crippen molar-refractivity contribution in [1.82, 2.24) is 4.90 Å². The van der Waals surface area contributed by atoms with Crippen LogP contribution in [0, 0.1) is 6.92 Å². The van der Waals surface area contributed by atoms with Crippen LogP contribution >= 0.6 is 0 Å². The summed E-state index contributed by atoms with van der Waals surface area (Å²) in [4.78, 5) is 2.55. The summed E-state index contributed by atoms with van der Waals surface area (Å²) in [6, 6.07) is 8.79. The first-order chi connectivity index (χ1) is 9.55. The highest BCUT2D eigenvalue weighted by Crippen LogP contribution is 2.29. The van der Waals surface area contributed by atoms with Crippen LogP contribution < -0.4 is 5.73 Å². The van der Waals surface area contributed by atoms with Crippen LogP contribution in [-0.2, 0) is 6.42 Å². The maximum Gasteiger partial charge on any atom is 0.0358 e. The lowest BCUT2D eigenvalue weighted by molar-refractivity contribution is 0.0628. The normalized spacial score (nSPS) is 13.8. The van der Waals surface area contributed by atoms with E-state index >= 15 is 0 Å². The molecule has 0 amide bonds. The quantitative estimate of drug-likeness (QED) is 0.783. The molecule has 0 aliphatic carbocycles. The van der Waals surface area contributed by atoms with E-state index in [1.165, 1.54) is 11.1 Å². The Labute approximate surface area is 125 Å². The number of nitrogens with zero attached hydrogens (tertiary/aromatic N) is 1. The Hall–Kier alpha value is -0.860. The molecule has 1 rings (SSSR count). The standard InChI is InChI=1S/C18H32N2/c1-6-18(7-2,20(8-3)9-4)17(19)14-16-13-11-10-12-15(16)5/h10-13,17H,6-9,14,19H2,1-5H3. The van der Waals surface area contributed by atoms with Crippen molar-refractivity contribution >= 4 is 0 Å². The molecule has 0 radical (unpaired) electrons. The predicted molar refractivity (Wildman–Crippen MR) is 89.1 cm³/mol. The van der Waals surface area contributed by atoms with Gasteiger partial charge in [0.2, 0.25) is 0 Å². The molecule has 0 bridgehead atoms. The van der Waals surface area contributed by atoms with Crippen LogP contribution in [0.3, 0.4) is 0 Å². The lowest BCUT2D eigenvalue weighted by atomic mass is 9.79. The first-order valence-electron chi connectivity index (χ1n) is 8.10. The Morgan fingerprint density at radius 2 is 1.60 bits per heavy atom. The van der Waals surface area contributed by atoms with Gasteiger partial charge in [0, 0.05) is 11.6 Å². The molecule has 0 aromatic heterocycles. The zero-order valence-electron chi connectivity index (χ0n) is 13.9. The molecule has 0 aliphatic rings. The van der Waals surface area contributed by atoms with Gasteiger partial charge in [-0.15, -0.1) is 0 Å². The smallest absolute Gasteiger partial charge is 0.0358 e. The number of likely N-dealkylation sites (N-methyl/N-ethyl adjacent to an activating group) is 1. The number of nitrogens with two attached hydrogens (primary N) is 1. The maximum absolute atomic E-state index is 6.69. The van der Waals surface area contributed by atoms with Gasteiger partial charge in [0.05, 0.1) is 0 Å². The Balaban J connectivity index is 3.00. The zero-order valence-corrected chi connectivity index (χ0v) is 13.9. The first-order valence-corrected chi connectivity index (χ1v) is 8.10. The minimum Gasteiger partial charge on any atom is -0.326 e. The van der Waals surface area contributed by atoms with E-state index in [9.17, 15) is 0 Å². The van der Waals surface area contributed by atoms with Gasteiger partial charge in [0.25, 0.3) is 0 Å². The summed E-state index contributed by atoms with van der Waals surface area (Å²) in [6.07, 6.45) is 3.18. The summed E-state index contributed by atoms with van der Waals surface area (Å²) in [7, 11) is 0. The molecule has 2 heteroatoms. The summed E-state index contributed by atoms with van der Waals surface area (Å²) < 4.78 is 0. The molecule has 0 aliphatic heterocycles. The lowest BCUT2D eigenvalue weighted by Gasteiger charge is -2.47. The molecular weight excluding hydrogens is 244 g/mol. The van der Waals surface area contributed by atoms with Crippen LogP contribution in [0.15, 0.2) is 24.3 Å². The minimum absolute atomic E-state index is 0.117. The summed E-state index contributed by atoms with van der Waals surface area (Å²) in [5, 5.41) is 0. The second-order valence-corrected chi connectivity index (χ2v) is 5.72. The summed E-state index contributed by atoms with van der Waals surface area (Å²) >= 11 is 0. The van der Waals surface area contributed by atoms with Gasteiger partial charge in [0.15, 0.2) is 0 Å². The SMILES string of the molecule is CCN(CC)C(CC)(CC)C(N)Cc1ccccc1C. The predicted octanol–water partition coefficient (Wildman–Crippen LogP) is 3.77. The van der Waals surface area contributed by atoms with Crippen molar-refractivity contribution in [2.45, 2.75) is 65.5 Å². The van der Waals surface area contributed by atoms with Gasteiger partial charge in [0.1, 0.15) is 0 Å². The average Bonchev–Trinajstić information content (AvgIpc) is 2.47. The fourth-order valence-electron chi connectivity index (χ4n) is 3.58. The highest BCUT2D eigenvalue weighted by atomic mass is 15.2. The van der Waals surface area contributed by atoms with E-state index in [1.807, 2.05) is 0 Å². The summed E-state index contributed by atoms with van der Waals surface area (Å²) in [5.41, 5.74) is 9.54. The van der Waals surface area contributed by atoms with Gasteiger partial charge in [-0.2, -0.15) is 0 Å². The maximum atomic E-state index is 6.69. The van der Waals surface area contributed by atoms with Crippen LogP contribution in [0.2, 0.25) is 0 Å². The molecule has 1 unspecified atom stereocenters. The fraction of sp³-hybridized carbons (Fsp3) is 0.667. The molecular formula is C18H32N2. The van der Waals surface area contributed by atoms with Crippen LogP contribution in [0.4, 0.5) is 0 Å². The van der Waals surface area contributed by atoms with E-state index in [4.69, 9.17) is 5.73 Å². The molecule has 0 heterocycles. The van der Waals surface area contributed by atoms with E-state index in [-0.39, 0.29) is 11.6 Å². The third-order valence-electron chi connectivity index (χ3n) is 5.01. The number of hydrogen-bond acceptors (Lipinski definition) is 2. The van der Waals surface area contributed by atoms with Gasteiger partial charge in [-0.05, 0) is 50.4 Å². The van der Waals surface area contributed by atoms with Gasteiger partial charge < -0.3 is 5.73 Å². The molecule has 1 aromatic carbocycles. The fourth-order valence-corrected chi connectivity index (χ4v) is 3.58. The van der Waals surface area contributed by atoms with Crippen molar-refractivity contribution in [2.75, 3.05) is 13.1 Å². The first kappa shape index (κ1) is 17.2. The molecule has 2 nitrogen and oxygen atoms in total. The van der Waals surface area contributed by atoms with Crippen molar-refractivity contribution in [3.63, 3.8) is 0 Å². The topological polar surface area (TPSA) is 29.3 Å². The highest BCUT2D eigenvalue weighted by Gasteiger charge is 2.37. The molecule has 0 saturated heterocycles. The lowest BCUT2D eigenvalue weighted by Crippen LogP contribution is -2.60. The average molecular weight is 276 g/mol. The zero-order chi connectivity index (χ0) is 15.2. The highest BCUT2D eigenvalue weighted by molar-refractivity contribution is 5.27. The number of benzene rings is 1. The molecule has 114 valence electrons. The van der Waals surface area contributed by atoms with Crippen molar-refractivity contribution < 1.29 is 0 Å². The Kier molecular flexibility index (Phi) is 6.70. The Morgan fingerprint density at radius 3 is 2.05 bits per heavy atom. The summed E-state index contributed by atoms with van der Waals surface area (Å²) in [6.45, 7) is 13.4. The van der Waals surface area contributed by atoms with Crippen molar-refractivity contribution in [2.24, 2.45) is 5.73 Å². The largest absolute Gasteiger partial charge is 0.326 e. The van der Waals surface area contributed by atoms with E-state index in [2.05, 4.69) is 63.8 Å². The molecule has 0 fully saturated rings. The van der Waals surface area contributed by atoms with Crippen molar-refractivity contribution in [1.29, 1.82) is 0 Å². The molecule has 20 heavy (non-hydrogen) atoms. The van der Waals surface area contributed by atoms with Crippen LogP contribution in [0.5, 0.6) is 0 Å². The van der Waals surface area contributed by atoms with Gasteiger partial charge in [-0.1, -0.05) is 52.0 Å². The molecule has 0 saturated carbocycles. The molecule has 0 spiro atoms. The second-order valence-electron chi connectivity index (χ2n) is 5.72. The third kappa shape index (κ3) is 3.42. The van der Waals surface area contributed by atoms with Gasteiger partial charge in [-0.25, -0.2) is 0 Å². The minimum atomic E-state index is 0.117. The second kappa shape index (κ2) is 7.80. The Bertz CT molecular complexity index is 392. The summed E-state index contributed by atoms with van der Waals surface area (Å²) in [5.74, 6) is 0. The van der Waals surface area contributed by atoms with E-state index in [0.717, 1.165) is 32.4 Å². The monoisotopic (exact) mass is 276 g/mol. The van der Waals surface area contributed by atoms with Crippen LogP contribution in [0.25, 0.3) is 0 Å². The number of hydrogen-bond donors (Lipinski definition) is 1. The van der Waals surface area contributed by atoms with Gasteiger partial charge >= 0.3 is 0 Å². The molecule has 1 atom stereocenters. The van der Waals surface area contributed by atoms with Crippen molar-refractivity contribution in [3.8, 4) is 0 Å². The van der Waals surface area contributed by atoms with Crippen molar-refractivity contribution in [3.05, 3.63) is 35.4 Å². The van der Waals surface area contributed by atoms with Crippen LogP contribution in [0.1, 0.15) is 51.7 Å². The van der Waals surface area contributed by atoms with E-state index < -0.39 is 0 Å².